The molecule has 0 spiro atoms. The van der Waals surface area contributed by atoms with E-state index in [9.17, 15) is 9.59 Å². The maximum atomic E-state index is 12.1. The Kier molecular flexibility index (Phi) is 5.99. The molecule has 1 aliphatic carbocycles. The predicted octanol–water partition coefficient (Wildman–Crippen LogP) is 1.17. The van der Waals surface area contributed by atoms with Crippen LogP contribution in [0.25, 0.3) is 0 Å². The summed E-state index contributed by atoms with van der Waals surface area (Å²) in [5, 5.41) is 5.71. The van der Waals surface area contributed by atoms with E-state index in [1.165, 1.54) is 0 Å². The lowest BCUT2D eigenvalue weighted by Gasteiger charge is -2.31. The van der Waals surface area contributed by atoms with Crippen molar-refractivity contribution in [2.45, 2.75) is 65.0 Å². The lowest BCUT2D eigenvalue weighted by molar-refractivity contribution is -0.127. The fourth-order valence-electron chi connectivity index (χ4n) is 2.62. The molecule has 0 aliphatic heterocycles. The summed E-state index contributed by atoms with van der Waals surface area (Å²) >= 11 is 0. The number of nitrogens with two attached hydrogens (primary N) is 1. The SMILES string of the molecule is CC1CCC(N)C(C(=O)NCCC(=O)NC(C)(C)C)C1. The Hall–Kier alpha value is -1.10. The zero-order chi connectivity index (χ0) is 15.3. The molecule has 3 unspecified atom stereocenters. The summed E-state index contributed by atoms with van der Waals surface area (Å²) in [5.41, 5.74) is 5.78. The Bertz CT molecular complexity index is 350. The van der Waals surface area contributed by atoms with Crippen LogP contribution < -0.4 is 16.4 Å². The molecule has 0 aromatic carbocycles. The molecule has 5 nitrogen and oxygen atoms in total. The van der Waals surface area contributed by atoms with Gasteiger partial charge in [-0.2, -0.15) is 0 Å². The standard InChI is InChI=1S/C15H29N3O2/c1-10-5-6-12(16)11(9-10)14(20)17-8-7-13(19)18-15(2,3)4/h10-12H,5-9,16H2,1-4H3,(H,17,20)(H,18,19). The Morgan fingerprint density at radius 1 is 1.25 bits per heavy atom. The molecule has 116 valence electrons. The molecule has 4 N–H and O–H groups in total. The first-order valence-electron chi connectivity index (χ1n) is 7.53. The van der Waals surface area contributed by atoms with E-state index >= 15 is 0 Å². The molecular weight excluding hydrogens is 254 g/mol. The van der Waals surface area contributed by atoms with E-state index in [1.807, 2.05) is 20.8 Å². The topological polar surface area (TPSA) is 84.2 Å². The van der Waals surface area contributed by atoms with Gasteiger partial charge in [0.2, 0.25) is 11.8 Å². The van der Waals surface area contributed by atoms with E-state index in [2.05, 4.69) is 17.6 Å². The second kappa shape index (κ2) is 7.07. The molecule has 1 fully saturated rings. The number of hydrogen-bond acceptors (Lipinski definition) is 3. The molecule has 0 bridgehead atoms. The van der Waals surface area contributed by atoms with Gasteiger partial charge in [-0.3, -0.25) is 9.59 Å². The van der Waals surface area contributed by atoms with Crippen LogP contribution in [0.15, 0.2) is 0 Å². The van der Waals surface area contributed by atoms with Crippen molar-refractivity contribution in [1.29, 1.82) is 0 Å². The third kappa shape index (κ3) is 5.90. The monoisotopic (exact) mass is 283 g/mol. The second-order valence-corrected chi connectivity index (χ2v) is 7.03. The van der Waals surface area contributed by atoms with Gasteiger partial charge >= 0.3 is 0 Å². The number of rotatable bonds is 4. The highest BCUT2D eigenvalue weighted by atomic mass is 16.2. The van der Waals surface area contributed by atoms with Crippen LogP contribution in [0.3, 0.4) is 0 Å². The number of nitrogens with one attached hydrogen (secondary N) is 2. The van der Waals surface area contributed by atoms with Crippen LogP contribution in [-0.2, 0) is 9.59 Å². The van der Waals surface area contributed by atoms with Gasteiger partial charge in [0.25, 0.3) is 0 Å². The maximum absolute atomic E-state index is 12.1. The van der Waals surface area contributed by atoms with Crippen LogP contribution in [0.2, 0.25) is 0 Å². The van der Waals surface area contributed by atoms with Crippen LogP contribution in [-0.4, -0.2) is 29.9 Å². The molecular formula is C15H29N3O2. The number of hydrogen-bond donors (Lipinski definition) is 3. The fraction of sp³-hybridized carbons (Fsp3) is 0.867. The largest absolute Gasteiger partial charge is 0.355 e. The van der Waals surface area contributed by atoms with Gasteiger partial charge in [-0.15, -0.1) is 0 Å². The van der Waals surface area contributed by atoms with E-state index in [4.69, 9.17) is 5.73 Å². The average molecular weight is 283 g/mol. The number of amides is 2. The summed E-state index contributed by atoms with van der Waals surface area (Å²) in [6, 6.07) is -0.0467. The van der Waals surface area contributed by atoms with Crippen LogP contribution in [0.1, 0.15) is 53.4 Å². The number of carbonyl (C=O) groups excluding carboxylic acids is 2. The summed E-state index contributed by atoms with van der Waals surface area (Å²) in [6.07, 6.45) is 3.16. The molecule has 1 rings (SSSR count). The van der Waals surface area contributed by atoms with Gasteiger partial charge in [-0.25, -0.2) is 0 Å². The average Bonchev–Trinajstić information content (AvgIpc) is 2.29. The molecule has 0 aromatic heterocycles. The Balaban J connectivity index is 2.31. The Morgan fingerprint density at radius 3 is 2.50 bits per heavy atom. The first kappa shape index (κ1) is 17.0. The third-order valence-electron chi connectivity index (χ3n) is 3.67. The smallest absolute Gasteiger partial charge is 0.224 e. The van der Waals surface area contributed by atoms with Crippen molar-refractivity contribution in [3.8, 4) is 0 Å². The Labute approximate surface area is 122 Å². The summed E-state index contributed by atoms with van der Waals surface area (Å²) < 4.78 is 0. The summed E-state index contributed by atoms with van der Waals surface area (Å²) in [4.78, 5) is 23.7. The summed E-state index contributed by atoms with van der Waals surface area (Å²) in [6.45, 7) is 8.34. The normalized spacial score (nSPS) is 26.9. The third-order valence-corrected chi connectivity index (χ3v) is 3.67. The van der Waals surface area contributed by atoms with Crippen LogP contribution in [0.4, 0.5) is 0 Å². The van der Waals surface area contributed by atoms with Crippen molar-refractivity contribution < 1.29 is 9.59 Å². The van der Waals surface area contributed by atoms with E-state index in [1.54, 1.807) is 0 Å². The maximum Gasteiger partial charge on any atom is 0.224 e. The molecule has 2 amide bonds. The van der Waals surface area contributed by atoms with Gasteiger partial charge in [-0.05, 0) is 46.0 Å². The fourth-order valence-corrected chi connectivity index (χ4v) is 2.62. The van der Waals surface area contributed by atoms with Gasteiger partial charge in [0.1, 0.15) is 0 Å². The van der Waals surface area contributed by atoms with Gasteiger partial charge < -0.3 is 16.4 Å². The molecule has 0 radical (unpaired) electrons. The van der Waals surface area contributed by atoms with Crippen molar-refractivity contribution >= 4 is 11.8 Å². The van der Waals surface area contributed by atoms with Gasteiger partial charge in [0.05, 0.1) is 5.92 Å². The van der Waals surface area contributed by atoms with Gasteiger partial charge in [-0.1, -0.05) is 6.92 Å². The summed E-state index contributed by atoms with van der Waals surface area (Å²) in [7, 11) is 0. The lowest BCUT2D eigenvalue weighted by atomic mass is 9.79. The minimum absolute atomic E-state index is 0.00684. The quantitative estimate of drug-likeness (QED) is 0.724. The van der Waals surface area contributed by atoms with E-state index in [0.29, 0.717) is 18.9 Å². The highest BCUT2D eigenvalue weighted by molar-refractivity contribution is 5.81. The highest BCUT2D eigenvalue weighted by Gasteiger charge is 2.31. The second-order valence-electron chi connectivity index (χ2n) is 7.03. The Morgan fingerprint density at radius 2 is 1.90 bits per heavy atom. The molecule has 0 saturated heterocycles. The van der Waals surface area contributed by atoms with E-state index in [-0.39, 0.29) is 29.3 Å². The molecule has 1 aliphatic rings. The van der Waals surface area contributed by atoms with E-state index < -0.39 is 0 Å². The summed E-state index contributed by atoms with van der Waals surface area (Å²) in [5.74, 6) is 0.394. The minimum atomic E-state index is -0.234. The highest BCUT2D eigenvalue weighted by Crippen LogP contribution is 2.27. The lowest BCUT2D eigenvalue weighted by Crippen LogP contribution is -2.46. The molecule has 1 saturated carbocycles. The van der Waals surface area contributed by atoms with Crippen LogP contribution >= 0.6 is 0 Å². The van der Waals surface area contributed by atoms with E-state index in [0.717, 1.165) is 19.3 Å². The van der Waals surface area contributed by atoms with Gasteiger partial charge in [0.15, 0.2) is 0 Å². The van der Waals surface area contributed by atoms with Crippen molar-refractivity contribution in [3.05, 3.63) is 0 Å². The van der Waals surface area contributed by atoms with Crippen LogP contribution in [0, 0.1) is 11.8 Å². The number of carbonyl (C=O) groups is 2. The van der Waals surface area contributed by atoms with Crippen molar-refractivity contribution in [3.63, 3.8) is 0 Å². The van der Waals surface area contributed by atoms with Gasteiger partial charge in [0, 0.05) is 24.5 Å². The van der Waals surface area contributed by atoms with Crippen molar-refractivity contribution in [2.75, 3.05) is 6.54 Å². The molecule has 3 atom stereocenters. The van der Waals surface area contributed by atoms with Crippen LogP contribution in [0.5, 0.6) is 0 Å². The molecule has 0 heterocycles. The zero-order valence-corrected chi connectivity index (χ0v) is 13.2. The molecule has 5 heteroatoms. The predicted molar refractivity (Wildman–Crippen MR) is 80.0 cm³/mol. The van der Waals surface area contributed by atoms with Crippen molar-refractivity contribution in [2.24, 2.45) is 17.6 Å². The minimum Gasteiger partial charge on any atom is -0.355 e. The van der Waals surface area contributed by atoms with Crippen molar-refractivity contribution in [1.82, 2.24) is 10.6 Å². The zero-order valence-electron chi connectivity index (χ0n) is 13.2. The first-order chi connectivity index (χ1) is 9.19. The first-order valence-corrected chi connectivity index (χ1v) is 7.53. The molecule has 20 heavy (non-hydrogen) atoms. The molecule has 0 aromatic rings.